The van der Waals surface area contributed by atoms with Crippen molar-refractivity contribution in [2.45, 2.75) is 0 Å². The minimum atomic E-state index is 0.854. The van der Waals surface area contributed by atoms with E-state index in [4.69, 9.17) is 4.42 Å². The van der Waals surface area contributed by atoms with Crippen LogP contribution in [0.4, 0.5) is 17.1 Å². The van der Waals surface area contributed by atoms with Crippen LogP contribution in [-0.2, 0) is 0 Å². The van der Waals surface area contributed by atoms with Gasteiger partial charge < -0.3 is 9.32 Å². The van der Waals surface area contributed by atoms with Crippen LogP contribution < -0.4 is 4.90 Å². The third-order valence-corrected chi connectivity index (χ3v) is 12.0. The van der Waals surface area contributed by atoms with Crippen LogP contribution in [0, 0.1) is 0 Å². The molecule has 0 spiro atoms. The van der Waals surface area contributed by atoms with Crippen LogP contribution in [0.25, 0.3) is 86.3 Å². The molecule has 0 atom stereocenters. The first-order chi connectivity index (χ1) is 27.3. The Morgan fingerprint density at radius 2 is 0.927 bits per heavy atom. The Hall–Kier alpha value is -6.94. The average molecular weight is 720 g/mol. The summed E-state index contributed by atoms with van der Waals surface area (Å²) < 4.78 is 9.74. The Morgan fingerprint density at radius 3 is 1.71 bits per heavy atom. The van der Waals surface area contributed by atoms with Gasteiger partial charge in [-0.3, -0.25) is 0 Å². The van der Waals surface area contributed by atoms with Crippen molar-refractivity contribution in [3.05, 3.63) is 200 Å². The van der Waals surface area contributed by atoms with Crippen molar-refractivity contribution in [1.82, 2.24) is 0 Å². The number of hydrogen-bond acceptors (Lipinski definition) is 3. The molecule has 0 unspecified atom stereocenters. The quantitative estimate of drug-likeness (QED) is 0.170. The van der Waals surface area contributed by atoms with E-state index in [-0.39, 0.29) is 0 Å². The van der Waals surface area contributed by atoms with E-state index in [0.29, 0.717) is 0 Å². The molecular weight excluding hydrogens is 687 g/mol. The zero-order valence-corrected chi connectivity index (χ0v) is 30.6. The molecule has 2 heterocycles. The van der Waals surface area contributed by atoms with Crippen LogP contribution in [0.3, 0.4) is 0 Å². The molecule has 0 aliphatic heterocycles. The highest BCUT2D eigenvalue weighted by molar-refractivity contribution is 7.25. The van der Waals surface area contributed by atoms with Gasteiger partial charge in [0.2, 0.25) is 0 Å². The van der Waals surface area contributed by atoms with Gasteiger partial charge in [-0.2, -0.15) is 0 Å². The van der Waals surface area contributed by atoms with Crippen LogP contribution in [0.5, 0.6) is 0 Å². The molecule has 3 heteroatoms. The summed E-state index contributed by atoms with van der Waals surface area (Å²) in [7, 11) is 0. The minimum Gasteiger partial charge on any atom is -0.453 e. The Bertz CT molecular complexity index is 3150. The van der Waals surface area contributed by atoms with Crippen LogP contribution in [0.1, 0.15) is 0 Å². The Morgan fingerprint density at radius 1 is 0.345 bits per heavy atom. The molecule has 2 nitrogen and oxygen atoms in total. The summed E-state index contributed by atoms with van der Waals surface area (Å²) in [6.45, 7) is 0. The standard InChI is InChI=1S/C52H33NOS/c1-3-14-34(15-4-1)37-30-38(35-16-5-2-6-17-35)32-40(31-37)53(39-28-29-50-47(33-39)43-21-9-10-27-49(43)55-50)48-26-13-25-46-45-24-12-23-44(51(45)54-52(46)48)42-22-11-19-36-18-7-8-20-41(36)42/h1-33H. The number of nitrogens with zero attached hydrogens (tertiary/aromatic N) is 1. The molecule has 0 aliphatic carbocycles. The predicted octanol–water partition coefficient (Wildman–Crippen LogP) is 15.6. The minimum absolute atomic E-state index is 0.854. The van der Waals surface area contributed by atoms with Crippen LogP contribution in [0.2, 0.25) is 0 Å². The first kappa shape index (κ1) is 31.6. The number of anilines is 3. The van der Waals surface area contributed by atoms with Crippen molar-refractivity contribution in [3.63, 3.8) is 0 Å². The summed E-state index contributed by atoms with van der Waals surface area (Å²) in [5, 5.41) is 7.13. The van der Waals surface area contributed by atoms with Gasteiger partial charge in [-0.15, -0.1) is 11.3 Å². The number of rotatable bonds is 6. The second kappa shape index (κ2) is 12.9. The van der Waals surface area contributed by atoms with Crippen LogP contribution >= 0.6 is 11.3 Å². The highest BCUT2D eigenvalue weighted by Gasteiger charge is 2.23. The number of fused-ring (bicyclic) bond motifs is 7. The van der Waals surface area contributed by atoms with Gasteiger partial charge in [-0.05, 0) is 87.1 Å². The normalized spacial score (nSPS) is 11.6. The summed E-state index contributed by atoms with van der Waals surface area (Å²) >= 11 is 1.84. The van der Waals surface area contributed by atoms with Gasteiger partial charge in [0.1, 0.15) is 5.58 Å². The third kappa shape index (κ3) is 5.32. The lowest BCUT2D eigenvalue weighted by molar-refractivity contribution is 0.670. The molecule has 0 radical (unpaired) electrons. The van der Waals surface area contributed by atoms with Crippen molar-refractivity contribution < 1.29 is 4.42 Å². The average Bonchev–Trinajstić information content (AvgIpc) is 3.83. The summed E-state index contributed by atoms with van der Waals surface area (Å²) in [6.07, 6.45) is 0. The molecule has 0 amide bonds. The first-order valence-corrected chi connectivity index (χ1v) is 19.5. The molecule has 0 aliphatic rings. The lowest BCUT2D eigenvalue weighted by atomic mass is 9.96. The van der Waals surface area contributed by atoms with Gasteiger partial charge in [-0.1, -0.05) is 152 Å². The summed E-state index contributed by atoms with van der Waals surface area (Å²) in [4.78, 5) is 2.40. The highest BCUT2D eigenvalue weighted by atomic mass is 32.1. The second-order valence-corrected chi connectivity index (χ2v) is 15.2. The van der Waals surface area contributed by atoms with Crippen LogP contribution in [-0.4, -0.2) is 0 Å². The number of thiophene rings is 1. The van der Waals surface area contributed by atoms with E-state index >= 15 is 0 Å². The van der Waals surface area contributed by atoms with Crippen molar-refractivity contribution in [3.8, 4) is 33.4 Å². The number of furan rings is 1. The molecule has 9 aromatic carbocycles. The fraction of sp³-hybridized carbons (Fsp3) is 0. The van der Waals surface area contributed by atoms with Gasteiger partial charge in [0, 0.05) is 47.9 Å². The largest absolute Gasteiger partial charge is 0.453 e. The first-order valence-electron chi connectivity index (χ1n) is 18.7. The molecule has 0 N–H and O–H groups in total. The molecule has 0 bridgehead atoms. The van der Waals surface area contributed by atoms with Crippen molar-refractivity contribution in [2.24, 2.45) is 0 Å². The summed E-state index contributed by atoms with van der Waals surface area (Å²) in [6, 6.07) is 72.1. The topological polar surface area (TPSA) is 16.4 Å². The maximum absolute atomic E-state index is 7.17. The molecular formula is C52H33NOS. The lowest BCUT2D eigenvalue weighted by Crippen LogP contribution is -2.10. The predicted molar refractivity (Wildman–Crippen MR) is 235 cm³/mol. The smallest absolute Gasteiger partial charge is 0.159 e. The van der Waals surface area contributed by atoms with E-state index in [1.165, 1.54) is 47.6 Å². The molecule has 11 rings (SSSR count). The van der Waals surface area contributed by atoms with Gasteiger partial charge in [0.15, 0.2) is 5.58 Å². The van der Waals surface area contributed by atoms with Crippen molar-refractivity contribution >= 4 is 81.3 Å². The fourth-order valence-corrected chi connectivity index (χ4v) is 9.36. The van der Waals surface area contributed by atoms with E-state index in [1.54, 1.807) is 0 Å². The zero-order valence-electron chi connectivity index (χ0n) is 29.8. The Labute approximate surface area is 322 Å². The highest BCUT2D eigenvalue weighted by Crippen LogP contribution is 2.47. The molecule has 0 fully saturated rings. The van der Waals surface area contributed by atoms with Crippen LogP contribution in [0.15, 0.2) is 205 Å². The van der Waals surface area contributed by atoms with E-state index in [1.807, 2.05) is 11.3 Å². The zero-order chi connectivity index (χ0) is 36.3. The monoisotopic (exact) mass is 719 g/mol. The lowest BCUT2D eigenvalue weighted by Gasteiger charge is -2.27. The molecule has 2 aromatic heterocycles. The van der Waals surface area contributed by atoms with E-state index in [9.17, 15) is 0 Å². The third-order valence-electron chi connectivity index (χ3n) is 10.8. The van der Waals surface area contributed by atoms with Crippen molar-refractivity contribution in [1.29, 1.82) is 0 Å². The Balaban J connectivity index is 1.20. The number of benzene rings is 9. The SMILES string of the molecule is c1ccc(-c2cc(-c3ccccc3)cc(N(c3ccc4sc5ccccc5c4c3)c3cccc4c3oc3c(-c5cccc6ccccc56)cccc34)c2)cc1. The molecule has 55 heavy (non-hydrogen) atoms. The second-order valence-electron chi connectivity index (χ2n) is 14.1. The molecule has 258 valence electrons. The van der Waals surface area contributed by atoms with Gasteiger partial charge in [-0.25, -0.2) is 0 Å². The number of para-hydroxylation sites is 2. The maximum atomic E-state index is 7.17. The molecule has 0 saturated carbocycles. The van der Waals surface area contributed by atoms with E-state index < -0.39 is 0 Å². The Kier molecular flexibility index (Phi) is 7.39. The fourth-order valence-electron chi connectivity index (χ4n) is 8.27. The number of hydrogen-bond donors (Lipinski definition) is 0. The van der Waals surface area contributed by atoms with Gasteiger partial charge in [0.05, 0.1) is 5.69 Å². The van der Waals surface area contributed by atoms with E-state index in [0.717, 1.165) is 55.7 Å². The maximum Gasteiger partial charge on any atom is 0.159 e. The van der Waals surface area contributed by atoms with Gasteiger partial charge >= 0.3 is 0 Å². The molecule has 11 aromatic rings. The summed E-state index contributed by atoms with van der Waals surface area (Å²) in [5.41, 5.74) is 11.8. The molecule has 0 saturated heterocycles. The summed E-state index contributed by atoms with van der Waals surface area (Å²) in [5.74, 6) is 0. The van der Waals surface area contributed by atoms with E-state index in [2.05, 4.69) is 205 Å². The van der Waals surface area contributed by atoms with Gasteiger partial charge in [0.25, 0.3) is 0 Å². The van der Waals surface area contributed by atoms with Crippen molar-refractivity contribution in [2.75, 3.05) is 4.90 Å².